The highest BCUT2D eigenvalue weighted by Gasteiger charge is 2.12. The maximum Gasteiger partial charge on any atom is 0.251 e. The van der Waals surface area contributed by atoms with E-state index in [1.165, 1.54) is 18.1 Å². The summed E-state index contributed by atoms with van der Waals surface area (Å²) in [7, 11) is 2.03. The summed E-state index contributed by atoms with van der Waals surface area (Å²) in [5, 5.41) is 5.83. The second-order valence-electron chi connectivity index (χ2n) is 7.79. The zero-order chi connectivity index (χ0) is 22.9. The van der Waals surface area contributed by atoms with Crippen molar-refractivity contribution in [3.05, 3.63) is 89.5 Å². The highest BCUT2D eigenvalue weighted by atomic mass is 32.2. The van der Waals surface area contributed by atoms with Crippen molar-refractivity contribution >= 4 is 29.3 Å². The van der Waals surface area contributed by atoms with Crippen LogP contribution in [0.5, 0.6) is 0 Å². The minimum Gasteiger partial charge on any atom is -0.351 e. The van der Waals surface area contributed by atoms with E-state index in [4.69, 9.17) is 0 Å². The number of rotatable bonds is 9. The van der Waals surface area contributed by atoms with Crippen LogP contribution in [-0.4, -0.2) is 36.9 Å². The van der Waals surface area contributed by atoms with Crippen LogP contribution in [0.4, 0.5) is 5.69 Å². The van der Waals surface area contributed by atoms with Crippen molar-refractivity contribution in [1.82, 2.24) is 10.2 Å². The molecule has 0 radical (unpaired) electrons. The highest BCUT2D eigenvalue weighted by molar-refractivity contribution is 7.99. The van der Waals surface area contributed by atoms with Gasteiger partial charge in [-0.3, -0.25) is 9.59 Å². The van der Waals surface area contributed by atoms with Crippen molar-refractivity contribution in [3.63, 3.8) is 0 Å². The Balaban J connectivity index is 1.61. The van der Waals surface area contributed by atoms with Gasteiger partial charge in [0.25, 0.3) is 5.91 Å². The lowest BCUT2D eigenvalue weighted by Crippen LogP contribution is -2.32. The molecule has 0 aliphatic rings. The average Bonchev–Trinajstić information content (AvgIpc) is 2.76. The molecule has 2 N–H and O–H groups in total. The van der Waals surface area contributed by atoms with Crippen molar-refractivity contribution in [2.24, 2.45) is 0 Å². The Kier molecular flexibility index (Phi) is 8.48. The predicted molar refractivity (Wildman–Crippen MR) is 131 cm³/mol. The van der Waals surface area contributed by atoms with Crippen molar-refractivity contribution in [2.45, 2.75) is 30.2 Å². The van der Waals surface area contributed by atoms with E-state index in [2.05, 4.69) is 39.8 Å². The molecule has 0 spiro atoms. The van der Waals surface area contributed by atoms with E-state index in [-0.39, 0.29) is 11.8 Å². The van der Waals surface area contributed by atoms with Crippen molar-refractivity contribution in [1.29, 1.82) is 0 Å². The smallest absolute Gasteiger partial charge is 0.251 e. The molecule has 0 saturated heterocycles. The molecular weight excluding hydrogens is 418 g/mol. The third-order valence-corrected chi connectivity index (χ3v) is 5.96. The quantitative estimate of drug-likeness (QED) is 0.486. The third kappa shape index (κ3) is 7.25. The molecule has 0 aliphatic carbocycles. The van der Waals surface area contributed by atoms with E-state index in [1.807, 2.05) is 50.4 Å². The molecule has 5 nitrogen and oxygen atoms in total. The number of hydrogen-bond acceptors (Lipinski definition) is 4. The lowest BCUT2D eigenvalue weighted by atomic mass is 10.2. The number of benzene rings is 3. The SMILES string of the molecule is CC(=O)Nc1cc(C(=O)NCCN(C)Cc2ccccc2)ccc1Sc1ccc(C)cc1. The van der Waals surface area contributed by atoms with Gasteiger partial charge in [0.2, 0.25) is 5.91 Å². The standard InChI is InChI=1S/C26H29N3O2S/c1-19-9-12-23(13-10-19)32-25-14-11-22(17-24(25)28-20(2)30)26(31)27-15-16-29(3)18-21-7-5-4-6-8-21/h4-14,17H,15-16,18H2,1-3H3,(H,27,31)(H,28,30). The number of anilines is 1. The van der Waals surface area contributed by atoms with Crippen molar-refractivity contribution in [3.8, 4) is 0 Å². The van der Waals surface area contributed by atoms with Gasteiger partial charge >= 0.3 is 0 Å². The number of carbonyl (C=O) groups is 2. The summed E-state index contributed by atoms with van der Waals surface area (Å²) in [6, 6.07) is 23.9. The molecule has 0 fully saturated rings. The topological polar surface area (TPSA) is 61.4 Å². The summed E-state index contributed by atoms with van der Waals surface area (Å²) in [4.78, 5) is 28.5. The molecule has 166 valence electrons. The first-order valence-corrected chi connectivity index (χ1v) is 11.4. The first-order valence-electron chi connectivity index (χ1n) is 10.6. The van der Waals surface area contributed by atoms with Crippen molar-refractivity contribution in [2.75, 3.05) is 25.5 Å². The Bertz CT molecular complexity index is 1050. The van der Waals surface area contributed by atoms with Gasteiger partial charge in [0.15, 0.2) is 0 Å². The summed E-state index contributed by atoms with van der Waals surface area (Å²) < 4.78 is 0. The van der Waals surface area contributed by atoms with Gasteiger partial charge in [0.1, 0.15) is 0 Å². The van der Waals surface area contributed by atoms with Gasteiger partial charge < -0.3 is 15.5 Å². The summed E-state index contributed by atoms with van der Waals surface area (Å²) in [5.41, 5.74) is 3.59. The highest BCUT2D eigenvalue weighted by Crippen LogP contribution is 2.34. The minimum absolute atomic E-state index is 0.156. The number of amides is 2. The Morgan fingerprint density at radius 1 is 0.969 bits per heavy atom. The van der Waals surface area contributed by atoms with Gasteiger partial charge in [0.05, 0.1) is 5.69 Å². The Hall–Kier alpha value is -3.09. The normalized spacial score (nSPS) is 10.8. The average molecular weight is 448 g/mol. The third-order valence-electron chi connectivity index (χ3n) is 4.88. The van der Waals surface area contributed by atoms with Crippen LogP contribution in [-0.2, 0) is 11.3 Å². The van der Waals surface area contributed by atoms with Crippen LogP contribution in [0, 0.1) is 6.92 Å². The molecule has 0 saturated carbocycles. The predicted octanol–water partition coefficient (Wildman–Crippen LogP) is 4.97. The van der Waals surface area contributed by atoms with Crippen molar-refractivity contribution < 1.29 is 9.59 Å². The molecule has 3 aromatic carbocycles. The van der Waals surface area contributed by atoms with Gasteiger partial charge in [-0.1, -0.05) is 59.8 Å². The van der Waals surface area contributed by atoms with Crippen LogP contribution < -0.4 is 10.6 Å². The van der Waals surface area contributed by atoms with E-state index in [1.54, 1.807) is 23.9 Å². The molecule has 0 heterocycles. The largest absolute Gasteiger partial charge is 0.351 e. The van der Waals surface area contributed by atoms with Crippen LogP contribution in [0.3, 0.4) is 0 Å². The van der Waals surface area contributed by atoms with Gasteiger partial charge in [-0.05, 0) is 49.9 Å². The Morgan fingerprint density at radius 2 is 1.69 bits per heavy atom. The van der Waals surface area contributed by atoms with Crippen LogP contribution in [0.15, 0.2) is 82.6 Å². The van der Waals surface area contributed by atoms with E-state index < -0.39 is 0 Å². The lowest BCUT2D eigenvalue weighted by Gasteiger charge is -2.17. The van der Waals surface area contributed by atoms with Crippen LogP contribution >= 0.6 is 11.8 Å². The number of nitrogens with one attached hydrogen (secondary N) is 2. The lowest BCUT2D eigenvalue weighted by molar-refractivity contribution is -0.114. The summed E-state index contributed by atoms with van der Waals surface area (Å²) in [6.07, 6.45) is 0. The molecule has 2 amide bonds. The molecular formula is C26H29N3O2S. The van der Waals surface area contributed by atoms with Crippen LogP contribution in [0.25, 0.3) is 0 Å². The zero-order valence-electron chi connectivity index (χ0n) is 18.7. The van der Waals surface area contributed by atoms with Crippen LogP contribution in [0.2, 0.25) is 0 Å². The number of likely N-dealkylation sites (N-methyl/N-ethyl adjacent to an activating group) is 1. The molecule has 0 unspecified atom stereocenters. The summed E-state index contributed by atoms with van der Waals surface area (Å²) in [5.74, 6) is -0.326. The molecule has 0 aromatic heterocycles. The monoisotopic (exact) mass is 447 g/mol. The maximum absolute atomic E-state index is 12.7. The molecule has 3 aromatic rings. The summed E-state index contributed by atoms with van der Waals surface area (Å²) >= 11 is 1.55. The van der Waals surface area contributed by atoms with E-state index in [0.29, 0.717) is 17.8 Å². The second kappa shape index (κ2) is 11.5. The maximum atomic E-state index is 12.7. The summed E-state index contributed by atoms with van der Waals surface area (Å²) in [6.45, 7) is 5.62. The van der Waals surface area contributed by atoms with Crippen LogP contribution in [0.1, 0.15) is 28.4 Å². The molecule has 6 heteroatoms. The van der Waals surface area contributed by atoms with Gasteiger partial charge in [0, 0.05) is 41.9 Å². The van der Waals surface area contributed by atoms with Gasteiger partial charge in [-0.15, -0.1) is 0 Å². The molecule has 32 heavy (non-hydrogen) atoms. The van der Waals surface area contributed by atoms with E-state index >= 15 is 0 Å². The molecule has 3 rings (SSSR count). The Morgan fingerprint density at radius 3 is 2.38 bits per heavy atom. The molecule has 0 aliphatic heterocycles. The van der Waals surface area contributed by atoms with Gasteiger partial charge in [-0.2, -0.15) is 0 Å². The number of hydrogen-bond donors (Lipinski definition) is 2. The molecule has 0 atom stereocenters. The van der Waals surface area contributed by atoms with E-state index in [9.17, 15) is 9.59 Å². The zero-order valence-corrected chi connectivity index (χ0v) is 19.5. The number of carbonyl (C=O) groups excluding carboxylic acids is 2. The second-order valence-corrected chi connectivity index (χ2v) is 8.90. The minimum atomic E-state index is -0.171. The fourth-order valence-corrected chi connectivity index (χ4v) is 4.10. The number of aryl methyl sites for hydroxylation is 1. The Labute approximate surface area is 194 Å². The van der Waals surface area contributed by atoms with Gasteiger partial charge in [-0.25, -0.2) is 0 Å². The first kappa shape index (κ1) is 23.6. The first-order chi connectivity index (χ1) is 15.4. The fourth-order valence-electron chi connectivity index (χ4n) is 3.22. The molecule has 0 bridgehead atoms. The van der Waals surface area contributed by atoms with E-state index in [0.717, 1.165) is 22.9 Å². The number of nitrogens with zero attached hydrogens (tertiary/aromatic N) is 1. The fraction of sp³-hybridized carbons (Fsp3) is 0.231.